The molecule has 0 atom stereocenters. The second kappa shape index (κ2) is 8.70. The molecule has 0 saturated carbocycles. The predicted molar refractivity (Wildman–Crippen MR) is 95.4 cm³/mol. The Labute approximate surface area is 163 Å². The van der Waals surface area contributed by atoms with Gasteiger partial charge in [-0.2, -0.15) is 17.5 Å². The van der Waals surface area contributed by atoms with Gasteiger partial charge in [0.1, 0.15) is 11.6 Å². The van der Waals surface area contributed by atoms with E-state index < -0.39 is 50.7 Å². The standard InChI is InChI=1S/C18H15F5N2O3S/c1-2-6-25(11-17(26)24-15-9-13(19)8-14(20)10-15)29(27,28)16-5-3-4-12(7-16)18(21,22)23/h2-5,7-10H,1,6,11H2,(H,24,26). The number of sulfonamides is 1. The average molecular weight is 434 g/mol. The van der Waals surface area contributed by atoms with E-state index in [0.717, 1.165) is 30.3 Å². The summed E-state index contributed by atoms with van der Waals surface area (Å²) in [5, 5.41) is 2.13. The van der Waals surface area contributed by atoms with Crippen LogP contribution in [0.25, 0.3) is 0 Å². The lowest BCUT2D eigenvalue weighted by molar-refractivity contribution is -0.137. The van der Waals surface area contributed by atoms with Crippen molar-refractivity contribution < 1.29 is 35.2 Å². The fourth-order valence-corrected chi connectivity index (χ4v) is 3.77. The number of hydrogen-bond acceptors (Lipinski definition) is 3. The van der Waals surface area contributed by atoms with Crippen molar-refractivity contribution in [2.75, 3.05) is 18.4 Å². The Kier molecular flexibility index (Phi) is 6.75. The van der Waals surface area contributed by atoms with Crippen molar-refractivity contribution in [3.05, 3.63) is 72.3 Å². The molecule has 0 aliphatic rings. The molecule has 0 aliphatic heterocycles. The lowest BCUT2D eigenvalue weighted by Crippen LogP contribution is -2.38. The van der Waals surface area contributed by atoms with Crippen molar-refractivity contribution in [3.63, 3.8) is 0 Å². The van der Waals surface area contributed by atoms with Crippen LogP contribution in [0.5, 0.6) is 0 Å². The second-order valence-electron chi connectivity index (χ2n) is 5.82. The highest BCUT2D eigenvalue weighted by molar-refractivity contribution is 7.89. The van der Waals surface area contributed by atoms with Gasteiger partial charge in [0, 0.05) is 18.3 Å². The summed E-state index contributed by atoms with van der Waals surface area (Å²) in [7, 11) is -4.50. The van der Waals surface area contributed by atoms with E-state index in [1.165, 1.54) is 0 Å². The van der Waals surface area contributed by atoms with Gasteiger partial charge in [0.15, 0.2) is 0 Å². The van der Waals surface area contributed by atoms with Crippen LogP contribution in [0.4, 0.5) is 27.6 Å². The summed E-state index contributed by atoms with van der Waals surface area (Å²) < 4.78 is 91.0. The Morgan fingerprint density at radius 3 is 2.28 bits per heavy atom. The number of benzene rings is 2. The topological polar surface area (TPSA) is 66.5 Å². The maximum Gasteiger partial charge on any atom is 0.416 e. The predicted octanol–water partition coefficient (Wildman–Crippen LogP) is 3.80. The van der Waals surface area contributed by atoms with E-state index >= 15 is 0 Å². The first kappa shape index (κ1) is 22.5. The number of nitrogens with zero attached hydrogens (tertiary/aromatic N) is 1. The molecule has 0 saturated heterocycles. The van der Waals surface area contributed by atoms with Crippen LogP contribution in [0.15, 0.2) is 60.0 Å². The molecule has 2 rings (SSSR count). The Bertz CT molecular complexity index is 1000. The van der Waals surface area contributed by atoms with Crippen LogP contribution >= 0.6 is 0 Å². The summed E-state index contributed by atoms with van der Waals surface area (Å²) in [6.07, 6.45) is -3.62. The van der Waals surface area contributed by atoms with Gasteiger partial charge in [-0.05, 0) is 30.3 Å². The van der Waals surface area contributed by atoms with Gasteiger partial charge in [-0.25, -0.2) is 17.2 Å². The van der Waals surface area contributed by atoms with Gasteiger partial charge in [-0.15, -0.1) is 6.58 Å². The Balaban J connectivity index is 2.27. The number of carbonyl (C=O) groups excluding carboxylic acids is 1. The molecule has 2 aromatic carbocycles. The van der Waals surface area contributed by atoms with Gasteiger partial charge in [-0.1, -0.05) is 12.1 Å². The van der Waals surface area contributed by atoms with E-state index in [1.54, 1.807) is 0 Å². The zero-order chi connectivity index (χ0) is 21.8. The van der Waals surface area contributed by atoms with Gasteiger partial charge in [0.05, 0.1) is 17.0 Å². The third-order valence-corrected chi connectivity index (χ3v) is 5.41. The largest absolute Gasteiger partial charge is 0.416 e. The van der Waals surface area contributed by atoms with E-state index in [1.807, 2.05) is 0 Å². The summed E-state index contributed by atoms with van der Waals surface area (Å²) in [6.45, 7) is 2.16. The molecule has 0 spiro atoms. The van der Waals surface area contributed by atoms with Crippen LogP contribution in [0.2, 0.25) is 0 Å². The zero-order valence-corrected chi connectivity index (χ0v) is 15.5. The maximum absolute atomic E-state index is 13.2. The fraction of sp³-hybridized carbons (Fsp3) is 0.167. The van der Waals surface area contributed by atoms with E-state index in [4.69, 9.17) is 0 Å². The highest BCUT2D eigenvalue weighted by atomic mass is 32.2. The van der Waals surface area contributed by atoms with E-state index in [2.05, 4.69) is 11.9 Å². The van der Waals surface area contributed by atoms with Gasteiger partial charge in [0.25, 0.3) is 0 Å². The van der Waals surface area contributed by atoms with E-state index in [0.29, 0.717) is 22.5 Å². The average Bonchev–Trinajstić information content (AvgIpc) is 2.59. The minimum atomic E-state index is -4.76. The molecule has 0 unspecified atom stereocenters. The summed E-state index contributed by atoms with van der Waals surface area (Å²) in [5.74, 6) is -2.87. The number of nitrogens with one attached hydrogen (secondary N) is 1. The number of rotatable bonds is 7. The summed E-state index contributed by atoms with van der Waals surface area (Å²) >= 11 is 0. The first-order valence-corrected chi connectivity index (χ1v) is 9.42. The van der Waals surface area contributed by atoms with E-state index in [-0.39, 0.29) is 12.2 Å². The molecule has 5 nitrogen and oxygen atoms in total. The molecule has 1 amide bonds. The second-order valence-corrected chi connectivity index (χ2v) is 7.76. The molecule has 0 fully saturated rings. The van der Waals surface area contributed by atoms with Crippen LogP contribution < -0.4 is 5.32 Å². The fourth-order valence-electron chi connectivity index (χ4n) is 2.36. The van der Waals surface area contributed by atoms with Crippen molar-refractivity contribution in [1.29, 1.82) is 0 Å². The maximum atomic E-state index is 13.2. The quantitative estimate of drug-likeness (QED) is 0.533. The van der Waals surface area contributed by atoms with Crippen molar-refractivity contribution in [3.8, 4) is 0 Å². The Morgan fingerprint density at radius 2 is 1.72 bits per heavy atom. The SMILES string of the molecule is C=CCN(CC(=O)Nc1cc(F)cc(F)c1)S(=O)(=O)c1cccc(C(F)(F)F)c1. The minimum absolute atomic E-state index is 0.248. The molecule has 11 heteroatoms. The molecule has 156 valence electrons. The van der Waals surface area contributed by atoms with Gasteiger partial charge in [-0.3, -0.25) is 4.79 Å². The summed E-state index contributed by atoms with van der Waals surface area (Å²) in [4.78, 5) is 11.5. The van der Waals surface area contributed by atoms with Crippen molar-refractivity contribution in [2.45, 2.75) is 11.1 Å². The molecular formula is C18H15F5N2O3S. The van der Waals surface area contributed by atoms with Gasteiger partial charge >= 0.3 is 6.18 Å². The zero-order valence-electron chi connectivity index (χ0n) is 14.7. The molecular weight excluding hydrogens is 419 g/mol. The highest BCUT2D eigenvalue weighted by Gasteiger charge is 2.33. The normalized spacial score (nSPS) is 12.1. The molecule has 29 heavy (non-hydrogen) atoms. The third kappa shape index (κ3) is 5.84. The molecule has 0 heterocycles. The Hall–Kier alpha value is -2.79. The molecule has 0 aliphatic carbocycles. The number of amides is 1. The molecule has 0 radical (unpaired) electrons. The number of hydrogen-bond donors (Lipinski definition) is 1. The molecule has 0 bridgehead atoms. The van der Waals surface area contributed by atoms with Crippen LogP contribution in [0.1, 0.15) is 5.56 Å². The van der Waals surface area contributed by atoms with Crippen molar-refractivity contribution in [2.24, 2.45) is 0 Å². The first-order chi connectivity index (χ1) is 13.4. The third-order valence-electron chi connectivity index (χ3n) is 3.60. The summed E-state index contributed by atoms with van der Waals surface area (Å²) in [5.41, 5.74) is -1.42. The van der Waals surface area contributed by atoms with Crippen LogP contribution in [-0.2, 0) is 21.0 Å². The highest BCUT2D eigenvalue weighted by Crippen LogP contribution is 2.31. The number of anilines is 1. The van der Waals surface area contributed by atoms with Crippen molar-refractivity contribution in [1.82, 2.24) is 4.31 Å². The minimum Gasteiger partial charge on any atom is -0.325 e. The number of halogens is 5. The first-order valence-electron chi connectivity index (χ1n) is 7.97. The molecule has 0 aromatic heterocycles. The summed E-state index contributed by atoms with van der Waals surface area (Å²) in [6, 6.07) is 5.27. The lowest BCUT2D eigenvalue weighted by atomic mass is 10.2. The van der Waals surface area contributed by atoms with E-state index in [9.17, 15) is 35.2 Å². The van der Waals surface area contributed by atoms with Gasteiger partial charge in [0.2, 0.25) is 15.9 Å². The monoisotopic (exact) mass is 434 g/mol. The van der Waals surface area contributed by atoms with Gasteiger partial charge < -0.3 is 5.32 Å². The van der Waals surface area contributed by atoms with Crippen molar-refractivity contribution >= 4 is 21.6 Å². The number of alkyl halides is 3. The molecule has 2 aromatic rings. The Morgan fingerprint density at radius 1 is 1.10 bits per heavy atom. The molecule has 1 N–H and O–H groups in total. The lowest BCUT2D eigenvalue weighted by Gasteiger charge is -2.21. The smallest absolute Gasteiger partial charge is 0.325 e. The number of carbonyl (C=O) groups is 1. The van der Waals surface area contributed by atoms with Crippen LogP contribution in [0, 0.1) is 11.6 Å². The van der Waals surface area contributed by atoms with Crippen LogP contribution in [-0.4, -0.2) is 31.7 Å². The van der Waals surface area contributed by atoms with Crippen LogP contribution in [0.3, 0.4) is 0 Å².